The number of anilines is 2. The zero-order chi connectivity index (χ0) is 15.5. The summed E-state index contributed by atoms with van der Waals surface area (Å²) in [4.78, 5) is 0. The number of nitriles is 1. The van der Waals surface area contributed by atoms with Crippen molar-refractivity contribution in [2.24, 2.45) is 0 Å². The minimum atomic E-state index is 0.593. The maximum Gasteiger partial charge on any atom is 0.0998 e. The molecule has 0 radical (unpaired) electrons. The molecule has 4 N–H and O–H groups in total. The van der Waals surface area contributed by atoms with E-state index >= 15 is 0 Å². The van der Waals surface area contributed by atoms with E-state index in [1.807, 2.05) is 54.6 Å². The lowest BCUT2D eigenvalue weighted by Gasteiger charge is -2.07. The molecule has 0 unspecified atom stereocenters. The first-order chi connectivity index (χ1) is 10.7. The first-order valence-corrected chi connectivity index (χ1v) is 6.94. The highest BCUT2D eigenvalue weighted by Gasteiger charge is 2.05. The van der Waals surface area contributed by atoms with E-state index in [1.165, 1.54) is 0 Å². The highest BCUT2D eigenvalue weighted by Crippen LogP contribution is 2.28. The third kappa shape index (κ3) is 2.50. The van der Waals surface area contributed by atoms with Crippen LogP contribution in [-0.2, 0) is 0 Å². The van der Waals surface area contributed by atoms with Gasteiger partial charge in [0.1, 0.15) is 0 Å². The smallest absolute Gasteiger partial charge is 0.0998 e. The largest absolute Gasteiger partial charge is 0.399 e. The lowest BCUT2D eigenvalue weighted by molar-refractivity contribution is 1.52. The number of nitrogens with zero attached hydrogens (tertiary/aromatic N) is 1. The zero-order valence-corrected chi connectivity index (χ0v) is 12.0. The Hall–Kier alpha value is -3.25. The summed E-state index contributed by atoms with van der Waals surface area (Å²) >= 11 is 0. The third-order valence-electron chi connectivity index (χ3n) is 3.63. The van der Waals surface area contributed by atoms with Crippen LogP contribution in [0.15, 0.2) is 60.7 Å². The third-order valence-corrected chi connectivity index (χ3v) is 3.63. The molecule has 0 aliphatic carbocycles. The van der Waals surface area contributed by atoms with Crippen LogP contribution in [0.2, 0.25) is 0 Å². The van der Waals surface area contributed by atoms with Gasteiger partial charge in [0.15, 0.2) is 0 Å². The Morgan fingerprint density at radius 3 is 2.23 bits per heavy atom. The van der Waals surface area contributed by atoms with Gasteiger partial charge in [-0.05, 0) is 40.8 Å². The minimum absolute atomic E-state index is 0.593. The van der Waals surface area contributed by atoms with Crippen molar-refractivity contribution in [3.05, 3.63) is 71.8 Å². The molecule has 3 heteroatoms. The lowest BCUT2D eigenvalue weighted by atomic mass is 9.98. The van der Waals surface area contributed by atoms with E-state index < -0.39 is 0 Å². The molecule has 0 saturated carbocycles. The number of rotatable bonds is 2. The van der Waals surface area contributed by atoms with Crippen LogP contribution in [0.5, 0.6) is 0 Å². The topological polar surface area (TPSA) is 75.8 Å². The van der Waals surface area contributed by atoms with Crippen molar-refractivity contribution in [2.75, 3.05) is 11.5 Å². The zero-order valence-electron chi connectivity index (χ0n) is 12.0. The highest BCUT2D eigenvalue weighted by molar-refractivity contribution is 6.02. The Balaban J connectivity index is 2.16. The standard InChI is InChI=1S/C19H15N3/c20-12-15(13-5-8-16(21)9-6-13)11-14-7-10-19(22)18-4-2-1-3-17(14)18/h1-11H,21-22H2. The van der Waals surface area contributed by atoms with Gasteiger partial charge in [0, 0.05) is 16.8 Å². The monoisotopic (exact) mass is 285 g/mol. The number of nitrogens with two attached hydrogens (primary N) is 2. The van der Waals surface area contributed by atoms with E-state index in [0.29, 0.717) is 11.3 Å². The van der Waals surface area contributed by atoms with Crippen LogP contribution in [-0.4, -0.2) is 0 Å². The summed E-state index contributed by atoms with van der Waals surface area (Å²) < 4.78 is 0. The quantitative estimate of drug-likeness (QED) is 0.423. The number of allylic oxidation sites excluding steroid dienone is 1. The predicted octanol–water partition coefficient (Wildman–Crippen LogP) is 4.07. The van der Waals surface area contributed by atoms with Gasteiger partial charge in [0.05, 0.1) is 11.6 Å². The molecule has 0 bridgehead atoms. The molecule has 3 rings (SSSR count). The van der Waals surface area contributed by atoms with Crippen LogP contribution in [0, 0.1) is 11.3 Å². The van der Waals surface area contributed by atoms with Gasteiger partial charge in [-0.15, -0.1) is 0 Å². The van der Waals surface area contributed by atoms with Crippen LogP contribution < -0.4 is 11.5 Å². The number of benzene rings is 3. The van der Waals surface area contributed by atoms with Gasteiger partial charge in [-0.1, -0.05) is 42.5 Å². The molecule has 22 heavy (non-hydrogen) atoms. The molecule has 0 spiro atoms. The Labute approximate surface area is 129 Å². The van der Waals surface area contributed by atoms with Crippen molar-refractivity contribution in [1.29, 1.82) is 5.26 Å². The summed E-state index contributed by atoms with van der Waals surface area (Å²) in [6, 6.07) is 21.3. The fourth-order valence-electron chi connectivity index (χ4n) is 2.47. The maximum atomic E-state index is 9.46. The van der Waals surface area contributed by atoms with Crippen LogP contribution in [0.25, 0.3) is 22.4 Å². The molecule has 0 amide bonds. The molecule has 0 fully saturated rings. The minimum Gasteiger partial charge on any atom is -0.399 e. The first kappa shape index (κ1) is 13.7. The number of hydrogen-bond acceptors (Lipinski definition) is 3. The van der Waals surface area contributed by atoms with Crippen molar-refractivity contribution in [3.8, 4) is 6.07 Å². The van der Waals surface area contributed by atoms with Gasteiger partial charge < -0.3 is 11.5 Å². The first-order valence-electron chi connectivity index (χ1n) is 6.94. The molecule has 0 aliphatic heterocycles. The highest BCUT2D eigenvalue weighted by atomic mass is 14.5. The van der Waals surface area contributed by atoms with Gasteiger partial charge in [-0.25, -0.2) is 0 Å². The number of hydrogen-bond donors (Lipinski definition) is 2. The van der Waals surface area contributed by atoms with E-state index in [1.54, 1.807) is 12.1 Å². The van der Waals surface area contributed by atoms with E-state index in [4.69, 9.17) is 11.5 Å². The summed E-state index contributed by atoms with van der Waals surface area (Å²) in [7, 11) is 0. The number of fused-ring (bicyclic) bond motifs is 1. The van der Waals surface area contributed by atoms with Crippen molar-refractivity contribution >= 4 is 33.8 Å². The van der Waals surface area contributed by atoms with Crippen LogP contribution in [0.3, 0.4) is 0 Å². The molecule has 0 saturated heterocycles. The molecule has 3 aromatic carbocycles. The average molecular weight is 285 g/mol. The summed E-state index contributed by atoms with van der Waals surface area (Å²) in [5.41, 5.74) is 15.5. The van der Waals surface area contributed by atoms with Gasteiger partial charge in [-0.2, -0.15) is 5.26 Å². The molecule has 3 nitrogen and oxygen atoms in total. The van der Waals surface area contributed by atoms with Crippen LogP contribution in [0.1, 0.15) is 11.1 Å². The van der Waals surface area contributed by atoms with Gasteiger partial charge in [-0.3, -0.25) is 0 Å². The average Bonchev–Trinajstić information content (AvgIpc) is 2.56. The Morgan fingerprint density at radius 2 is 1.55 bits per heavy atom. The summed E-state index contributed by atoms with van der Waals surface area (Å²) in [6.07, 6.45) is 1.88. The molecule has 0 aromatic heterocycles. The van der Waals surface area contributed by atoms with E-state index in [0.717, 1.165) is 27.6 Å². The fraction of sp³-hybridized carbons (Fsp3) is 0. The summed E-state index contributed by atoms with van der Waals surface area (Å²) in [5.74, 6) is 0. The second kappa shape index (κ2) is 5.63. The molecular formula is C19H15N3. The summed E-state index contributed by atoms with van der Waals surface area (Å²) in [6.45, 7) is 0. The molecule has 0 heterocycles. The van der Waals surface area contributed by atoms with Crippen molar-refractivity contribution in [1.82, 2.24) is 0 Å². The van der Waals surface area contributed by atoms with Crippen LogP contribution >= 0.6 is 0 Å². The Bertz CT molecular complexity index is 900. The molecule has 0 atom stereocenters. The van der Waals surface area contributed by atoms with E-state index in [9.17, 15) is 5.26 Å². The Kier molecular flexibility index (Phi) is 3.51. The summed E-state index contributed by atoms with van der Waals surface area (Å²) in [5, 5.41) is 11.5. The van der Waals surface area contributed by atoms with Gasteiger partial charge in [0.25, 0.3) is 0 Å². The molecule has 106 valence electrons. The van der Waals surface area contributed by atoms with Crippen molar-refractivity contribution in [2.45, 2.75) is 0 Å². The Morgan fingerprint density at radius 1 is 0.864 bits per heavy atom. The fourth-order valence-corrected chi connectivity index (χ4v) is 2.47. The second-order valence-corrected chi connectivity index (χ2v) is 5.08. The van der Waals surface area contributed by atoms with Gasteiger partial charge in [0.2, 0.25) is 0 Å². The second-order valence-electron chi connectivity index (χ2n) is 5.08. The van der Waals surface area contributed by atoms with Gasteiger partial charge >= 0.3 is 0 Å². The molecule has 0 aliphatic rings. The van der Waals surface area contributed by atoms with E-state index in [2.05, 4.69) is 6.07 Å². The molecule has 3 aromatic rings. The maximum absolute atomic E-state index is 9.46. The number of nitrogen functional groups attached to an aromatic ring is 2. The van der Waals surface area contributed by atoms with Crippen molar-refractivity contribution < 1.29 is 0 Å². The SMILES string of the molecule is N#CC(=Cc1ccc(N)c2ccccc12)c1ccc(N)cc1. The molecular weight excluding hydrogens is 270 g/mol. The van der Waals surface area contributed by atoms with E-state index in [-0.39, 0.29) is 0 Å². The normalized spacial score (nSPS) is 11.3. The lowest BCUT2D eigenvalue weighted by Crippen LogP contribution is -1.90. The van der Waals surface area contributed by atoms with Crippen LogP contribution in [0.4, 0.5) is 11.4 Å². The predicted molar refractivity (Wildman–Crippen MR) is 92.7 cm³/mol. The van der Waals surface area contributed by atoms with Crippen molar-refractivity contribution in [3.63, 3.8) is 0 Å².